The molecule has 0 atom stereocenters. The van der Waals surface area contributed by atoms with E-state index in [1.165, 1.54) is 30.4 Å². The van der Waals surface area contributed by atoms with Gasteiger partial charge in [0.1, 0.15) is 18.1 Å². The number of hydrogen-bond donors (Lipinski definition) is 0. The molecule has 0 saturated carbocycles. The normalized spacial score (nSPS) is 10.3. The first-order valence-electron chi connectivity index (χ1n) is 9.22. The van der Waals surface area contributed by atoms with Gasteiger partial charge in [-0.05, 0) is 48.2 Å². The molecule has 0 aliphatic heterocycles. The van der Waals surface area contributed by atoms with Gasteiger partial charge in [0.05, 0.1) is 13.7 Å². The second kappa shape index (κ2) is 12.0. The Morgan fingerprint density at radius 2 is 1.27 bits per heavy atom. The van der Waals surface area contributed by atoms with Crippen molar-refractivity contribution < 1.29 is 14.2 Å². The minimum absolute atomic E-state index is 0.422. The fourth-order valence-corrected chi connectivity index (χ4v) is 2.68. The summed E-state index contributed by atoms with van der Waals surface area (Å²) in [7, 11) is 1.68. The molecule has 2 aromatic rings. The number of unbranched alkanes of at least 4 members (excludes halogenated alkanes) is 4. The van der Waals surface area contributed by atoms with Crippen LogP contribution in [0.15, 0.2) is 48.5 Å². The van der Waals surface area contributed by atoms with E-state index in [-0.39, 0.29) is 0 Å². The fraction of sp³-hybridized carbons (Fsp3) is 0.391. The first-order chi connectivity index (χ1) is 12.8. The predicted molar refractivity (Wildman–Crippen MR) is 107 cm³/mol. The topological polar surface area (TPSA) is 27.7 Å². The Bertz CT molecular complexity index is 653. The van der Waals surface area contributed by atoms with Crippen molar-refractivity contribution in [3.05, 3.63) is 48.5 Å². The molecule has 0 aliphatic rings. The lowest BCUT2D eigenvalue weighted by atomic mass is 10.1. The molecule has 3 nitrogen and oxygen atoms in total. The zero-order valence-corrected chi connectivity index (χ0v) is 15.6. The number of benzene rings is 2. The number of rotatable bonds is 12. The second-order valence-corrected chi connectivity index (χ2v) is 6.13. The van der Waals surface area contributed by atoms with Crippen molar-refractivity contribution in [2.45, 2.75) is 32.1 Å². The van der Waals surface area contributed by atoms with Crippen molar-refractivity contribution in [1.82, 2.24) is 0 Å². The molecule has 0 amide bonds. The van der Waals surface area contributed by atoms with Gasteiger partial charge < -0.3 is 14.2 Å². The van der Waals surface area contributed by atoms with E-state index in [2.05, 4.69) is 30.2 Å². The summed E-state index contributed by atoms with van der Waals surface area (Å²) in [5.74, 6) is 4.27. The minimum Gasteiger partial charge on any atom is -0.497 e. The lowest BCUT2D eigenvalue weighted by Gasteiger charge is -2.08. The molecule has 0 unspecified atom stereocenters. The molecule has 0 spiro atoms. The van der Waals surface area contributed by atoms with Crippen LogP contribution in [0, 0.1) is 12.3 Å². The summed E-state index contributed by atoms with van der Waals surface area (Å²) in [6, 6.07) is 16.3. The molecular formula is C23H28O3. The summed E-state index contributed by atoms with van der Waals surface area (Å²) in [5.41, 5.74) is 2.34. The highest BCUT2D eigenvalue weighted by Gasteiger charge is 2.00. The minimum atomic E-state index is 0.422. The molecule has 2 aromatic carbocycles. The van der Waals surface area contributed by atoms with Crippen molar-refractivity contribution in [3.8, 4) is 35.0 Å². The molecular weight excluding hydrogens is 324 g/mol. The predicted octanol–water partition coefficient (Wildman–Crippen LogP) is 5.34. The van der Waals surface area contributed by atoms with Gasteiger partial charge >= 0.3 is 0 Å². The summed E-state index contributed by atoms with van der Waals surface area (Å²) in [4.78, 5) is 0. The van der Waals surface area contributed by atoms with E-state index in [4.69, 9.17) is 20.6 Å². The number of hydrogen-bond acceptors (Lipinski definition) is 3. The van der Waals surface area contributed by atoms with Gasteiger partial charge in [-0.2, -0.15) is 0 Å². The molecule has 0 saturated heterocycles. The Morgan fingerprint density at radius 3 is 1.85 bits per heavy atom. The molecule has 0 radical (unpaired) electrons. The third kappa shape index (κ3) is 7.21. The Kier molecular flexibility index (Phi) is 9.18. The highest BCUT2D eigenvalue weighted by atomic mass is 16.5. The van der Waals surface area contributed by atoms with Crippen LogP contribution in [-0.2, 0) is 4.74 Å². The molecule has 0 aliphatic carbocycles. The van der Waals surface area contributed by atoms with Gasteiger partial charge in [-0.15, -0.1) is 6.42 Å². The smallest absolute Gasteiger partial charge is 0.119 e. The second-order valence-electron chi connectivity index (χ2n) is 6.13. The third-order valence-electron chi connectivity index (χ3n) is 4.16. The van der Waals surface area contributed by atoms with Crippen LogP contribution in [0.5, 0.6) is 11.5 Å². The fourth-order valence-electron chi connectivity index (χ4n) is 2.68. The quantitative estimate of drug-likeness (QED) is 0.381. The molecule has 0 bridgehead atoms. The SMILES string of the molecule is C#CCOCCCCCCCOc1ccc(-c2ccc(OC)cc2)cc1. The molecule has 2 rings (SSSR count). The van der Waals surface area contributed by atoms with Gasteiger partial charge in [0.25, 0.3) is 0 Å². The van der Waals surface area contributed by atoms with Gasteiger partial charge in [0.15, 0.2) is 0 Å². The van der Waals surface area contributed by atoms with Crippen LogP contribution in [0.25, 0.3) is 11.1 Å². The van der Waals surface area contributed by atoms with E-state index < -0.39 is 0 Å². The molecule has 0 fully saturated rings. The van der Waals surface area contributed by atoms with Crippen LogP contribution in [0.2, 0.25) is 0 Å². The van der Waals surface area contributed by atoms with Gasteiger partial charge in [-0.1, -0.05) is 49.4 Å². The Balaban J connectivity index is 1.61. The van der Waals surface area contributed by atoms with Gasteiger partial charge in [-0.25, -0.2) is 0 Å². The van der Waals surface area contributed by atoms with E-state index in [1.54, 1.807) is 7.11 Å². The molecule has 138 valence electrons. The van der Waals surface area contributed by atoms with Crippen molar-refractivity contribution in [1.29, 1.82) is 0 Å². The van der Waals surface area contributed by atoms with E-state index in [0.29, 0.717) is 6.61 Å². The van der Waals surface area contributed by atoms with E-state index in [9.17, 15) is 0 Å². The van der Waals surface area contributed by atoms with Crippen LogP contribution < -0.4 is 9.47 Å². The van der Waals surface area contributed by atoms with Gasteiger partial charge in [-0.3, -0.25) is 0 Å². The maximum absolute atomic E-state index is 5.83. The monoisotopic (exact) mass is 352 g/mol. The summed E-state index contributed by atoms with van der Waals surface area (Å²) in [5, 5.41) is 0. The number of ether oxygens (including phenoxy) is 3. The molecule has 0 heterocycles. The Hall–Kier alpha value is -2.44. The first kappa shape index (κ1) is 19.9. The standard InChI is InChI=1S/C23H28O3/c1-3-17-25-18-7-5-4-6-8-19-26-23-15-11-21(12-16-23)20-9-13-22(24-2)14-10-20/h1,9-16H,4-8,17-19H2,2H3. The van der Waals surface area contributed by atoms with Gasteiger partial charge in [0, 0.05) is 6.61 Å². The maximum Gasteiger partial charge on any atom is 0.119 e. The molecule has 0 aromatic heterocycles. The van der Waals surface area contributed by atoms with Crippen LogP contribution in [0.4, 0.5) is 0 Å². The Morgan fingerprint density at radius 1 is 0.731 bits per heavy atom. The summed E-state index contributed by atoms with van der Waals surface area (Å²) < 4.78 is 16.3. The van der Waals surface area contributed by atoms with Gasteiger partial charge in [0.2, 0.25) is 0 Å². The zero-order valence-electron chi connectivity index (χ0n) is 15.6. The van der Waals surface area contributed by atoms with Crippen LogP contribution in [0.1, 0.15) is 32.1 Å². The largest absolute Gasteiger partial charge is 0.497 e. The Labute approximate surface area is 157 Å². The number of methoxy groups -OCH3 is 1. The van der Waals surface area contributed by atoms with Crippen molar-refractivity contribution in [3.63, 3.8) is 0 Å². The van der Waals surface area contributed by atoms with Crippen molar-refractivity contribution in [2.75, 3.05) is 26.9 Å². The average Bonchev–Trinajstić information content (AvgIpc) is 2.70. The summed E-state index contributed by atoms with van der Waals surface area (Å²) in [6.07, 6.45) is 10.8. The van der Waals surface area contributed by atoms with Crippen LogP contribution in [0.3, 0.4) is 0 Å². The lowest BCUT2D eigenvalue weighted by Crippen LogP contribution is -1.98. The van der Waals surface area contributed by atoms with Crippen molar-refractivity contribution in [2.24, 2.45) is 0 Å². The average molecular weight is 352 g/mol. The van der Waals surface area contributed by atoms with Crippen molar-refractivity contribution >= 4 is 0 Å². The first-order valence-corrected chi connectivity index (χ1v) is 9.22. The van der Waals surface area contributed by atoms with Crippen LogP contribution in [-0.4, -0.2) is 26.9 Å². The highest BCUT2D eigenvalue weighted by Crippen LogP contribution is 2.24. The lowest BCUT2D eigenvalue weighted by molar-refractivity contribution is 0.161. The van der Waals surface area contributed by atoms with Crippen LogP contribution >= 0.6 is 0 Å². The highest BCUT2D eigenvalue weighted by molar-refractivity contribution is 5.64. The summed E-state index contributed by atoms with van der Waals surface area (Å²) >= 11 is 0. The van der Waals surface area contributed by atoms with E-state index >= 15 is 0 Å². The van der Waals surface area contributed by atoms with E-state index in [1.807, 2.05) is 24.3 Å². The zero-order chi connectivity index (χ0) is 18.5. The molecule has 26 heavy (non-hydrogen) atoms. The third-order valence-corrected chi connectivity index (χ3v) is 4.16. The van der Waals surface area contributed by atoms with E-state index in [0.717, 1.165) is 37.6 Å². The molecule has 0 N–H and O–H groups in total. The maximum atomic E-state index is 5.83. The number of terminal acetylenes is 1. The molecule has 3 heteroatoms. The summed E-state index contributed by atoms with van der Waals surface area (Å²) in [6.45, 7) is 1.95.